The van der Waals surface area contributed by atoms with Crippen molar-refractivity contribution in [1.82, 2.24) is 0 Å². The number of carbonyl (C=O) groups is 1. The topological polar surface area (TPSA) is 41.6 Å². The van der Waals surface area contributed by atoms with E-state index in [9.17, 15) is 4.79 Å². The highest BCUT2D eigenvalue weighted by atomic mass is 16.5. The number of rotatable bonds is 6. The average Bonchev–Trinajstić information content (AvgIpc) is 3.25. The second-order valence-corrected chi connectivity index (χ2v) is 5.65. The number of methoxy groups -OCH3 is 1. The van der Waals surface area contributed by atoms with Crippen LogP contribution in [0.25, 0.3) is 0 Å². The van der Waals surface area contributed by atoms with Gasteiger partial charge in [0.1, 0.15) is 0 Å². The Labute approximate surface area is 120 Å². The molecular weight excluding hydrogens is 252 g/mol. The lowest BCUT2D eigenvalue weighted by Gasteiger charge is -2.30. The molecule has 3 rings (SSSR count). The third kappa shape index (κ3) is 2.96. The normalized spacial score (nSPS) is 18.1. The number of benzene rings is 1. The Morgan fingerprint density at radius 1 is 1.35 bits per heavy atom. The number of carbonyl (C=O) groups excluding carboxylic acids is 1. The Kier molecular flexibility index (Phi) is 3.92. The first-order valence-corrected chi connectivity index (χ1v) is 7.46. The Morgan fingerprint density at radius 2 is 2.20 bits per heavy atom. The molecule has 1 fully saturated rings. The van der Waals surface area contributed by atoms with Crippen molar-refractivity contribution in [1.29, 1.82) is 0 Å². The van der Waals surface area contributed by atoms with Crippen molar-refractivity contribution in [3.8, 4) is 0 Å². The van der Waals surface area contributed by atoms with E-state index in [-0.39, 0.29) is 5.91 Å². The minimum absolute atomic E-state index is 0.233. The molecule has 0 radical (unpaired) electrons. The molecule has 4 heteroatoms. The van der Waals surface area contributed by atoms with Crippen molar-refractivity contribution < 1.29 is 9.53 Å². The monoisotopic (exact) mass is 274 g/mol. The molecule has 4 nitrogen and oxygen atoms in total. The molecule has 1 N–H and O–H groups in total. The van der Waals surface area contributed by atoms with Gasteiger partial charge in [-0.15, -0.1) is 0 Å². The molecule has 20 heavy (non-hydrogen) atoms. The molecule has 0 unspecified atom stereocenters. The number of amides is 1. The molecule has 1 aliphatic heterocycles. The van der Waals surface area contributed by atoms with Crippen LogP contribution in [0.3, 0.4) is 0 Å². The number of nitrogens with one attached hydrogen (secondary N) is 1. The van der Waals surface area contributed by atoms with E-state index in [4.69, 9.17) is 4.74 Å². The van der Waals surface area contributed by atoms with Crippen molar-refractivity contribution in [2.75, 3.05) is 30.5 Å². The van der Waals surface area contributed by atoms with Crippen LogP contribution in [-0.4, -0.2) is 32.2 Å². The molecule has 1 aliphatic carbocycles. The Morgan fingerprint density at radius 3 is 2.95 bits per heavy atom. The third-order valence-corrected chi connectivity index (χ3v) is 3.96. The lowest BCUT2D eigenvalue weighted by molar-refractivity contribution is -0.118. The largest absolute Gasteiger partial charge is 0.385 e. The van der Waals surface area contributed by atoms with Gasteiger partial charge >= 0.3 is 0 Å². The maximum absolute atomic E-state index is 12.2. The van der Waals surface area contributed by atoms with Crippen LogP contribution in [0.4, 0.5) is 11.4 Å². The molecule has 0 atom stereocenters. The molecule has 1 aromatic carbocycles. The minimum atomic E-state index is 0.233. The van der Waals surface area contributed by atoms with E-state index in [0.717, 1.165) is 30.8 Å². The van der Waals surface area contributed by atoms with Crippen molar-refractivity contribution >= 4 is 17.3 Å². The standard InChI is InChI=1S/C16H22N2O2/c1-20-10-2-9-18-15-11-14(17-13-6-7-13)5-3-12(15)4-8-16(18)19/h3,5,11,13,17H,2,4,6-10H2,1H3. The van der Waals surface area contributed by atoms with Crippen LogP contribution in [0.5, 0.6) is 0 Å². The van der Waals surface area contributed by atoms with E-state index in [1.165, 1.54) is 18.4 Å². The molecule has 0 bridgehead atoms. The van der Waals surface area contributed by atoms with Gasteiger partial charge < -0.3 is 15.0 Å². The average molecular weight is 274 g/mol. The van der Waals surface area contributed by atoms with Crippen molar-refractivity contribution in [3.05, 3.63) is 23.8 Å². The molecule has 108 valence electrons. The first-order chi connectivity index (χ1) is 9.78. The molecule has 1 aromatic rings. The summed E-state index contributed by atoms with van der Waals surface area (Å²) < 4.78 is 5.09. The smallest absolute Gasteiger partial charge is 0.227 e. The van der Waals surface area contributed by atoms with Gasteiger partial charge in [-0.25, -0.2) is 0 Å². The zero-order valence-corrected chi connectivity index (χ0v) is 12.0. The van der Waals surface area contributed by atoms with E-state index < -0.39 is 0 Å². The summed E-state index contributed by atoms with van der Waals surface area (Å²) >= 11 is 0. The summed E-state index contributed by atoms with van der Waals surface area (Å²) in [6.07, 6.45) is 4.87. The van der Waals surface area contributed by atoms with Crippen LogP contribution in [0.15, 0.2) is 18.2 Å². The number of aryl methyl sites for hydroxylation is 1. The number of fused-ring (bicyclic) bond motifs is 1. The Hall–Kier alpha value is -1.55. The van der Waals surface area contributed by atoms with Gasteiger partial charge in [0.05, 0.1) is 0 Å². The molecule has 1 amide bonds. The molecular formula is C16H22N2O2. The van der Waals surface area contributed by atoms with Gasteiger partial charge in [-0.2, -0.15) is 0 Å². The summed E-state index contributed by atoms with van der Waals surface area (Å²) in [5, 5.41) is 3.51. The van der Waals surface area contributed by atoms with E-state index in [1.807, 2.05) is 4.90 Å². The third-order valence-electron chi connectivity index (χ3n) is 3.96. The fourth-order valence-electron chi connectivity index (χ4n) is 2.70. The van der Waals surface area contributed by atoms with Crippen molar-refractivity contribution in [3.63, 3.8) is 0 Å². The Bertz CT molecular complexity index is 497. The number of ether oxygens (including phenoxy) is 1. The highest BCUT2D eigenvalue weighted by Gasteiger charge is 2.25. The van der Waals surface area contributed by atoms with Crippen molar-refractivity contribution in [2.24, 2.45) is 0 Å². The van der Waals surface area contributed by atoms with E-state index >= 15 is 0 Å². The summed E-state index contributed by atoms with van der Waals surface area (Å²) in [4.78, 5) is 14.1. The molecule has 1 heterocycles. The SMILES string of the molecule is COCCCN1C(=O)CCc2ccc(NC3CC3)cc21. The fraction of sp³-hybridized carbons (Fsp3) is 0.562. The van der Waals surface area contributed by atoms with Crippen LogP contribution in [0.2, 0.25) is 0 Å². The summed E-state index contributed by atoms with van der Waals surface area (Å²) in [5.41, 5.74) is 3.50. The lowest BCUT2D eigenvalue weighted by Crippen LogP contribution is -2.36. The summed E-state index contributed by atoms with van der Waals surface area (Å²) in [7, 11) is 1.70. The molecule has 0 saturated heterocycles. The molecule has 1 saturated carbocycles. The molecule has 0 spiro atoms. The fourth-order valence-corrected chi connectivity index (χ4v) is 2.70. The predicted molar refractivity (Wildman–Crippen MR) is 80.3 cm³/mol. The second kappa shape index (κ2) is 5.83. The summed E-state index contributed by atoms with van der Waals surface area (Å²) in [6, 6.07) is 7.07. The van der Waals surface area contributed by atoms with Crippen LogP contribution in [-0.2, 0) is 16.0 Å². The number of nitrogens with zero attached hydrogens (tertiary/aromatic N) is 1. The molecule has 0 aromatic heterocycles. The Balaban J connectivity index is 1.78. The van der Waals surface area contributed by atoms with Crippen LogP contribution < -0.4 is 10.2 Å². The number of anilines is 2. The molecule has 2 aliphatic rings. The summed E-state index contributed by atoms with van der Waals surface area (Å²) in [5.74, 6) is 0.233. The quantitative estimate of drug-likeness (QED) is 0.811. The maximum atomic E-state index is 12.2. The second-order valence-electron chi connectivity index (χ2n) is 5.65. The first kappa shape index (κ1) is 13.4. The van der Waals surface area contributed by atoms with Gasteiger partial charge in [-0.1, -0.05) is 6.07 Å². The number of hydrogen-bond donors (Lipinski definition) is 1. The van der Waals surface area contributed by atoms with Gasteiger partial charge in [-0.3, -0.25) is 4.79 Å². The van der Waals surface area contributed by atoms with E-state index in [1.54, 1.807) is 7.11 Å². The first-order valence-electron chi connectivity index (χ1n) is 7.46. The predicted octanol–water partition coefficient (Wildman–Crippen LogP) is 2.58. The van der Waals surface area contributed by atoms with Gasteiger partial charge in [-0.05, 0) is 43.4 Å². The van der Waals surface area contributed by atoms with Gasteiger partial charge in [0, 0.05) is 44.1 Å². The zero-order valence-electron chi connectivity index (χ0n) is 12.0. The van der Waals surface area contributed by atoms with Gasteiger partial charge in [0.2, 0.25) is 5.91 Å². The van der Waals surface area contributed by atoms with Crippen LogP contribution in [0, 0.1) is 0 Å². The maximum Gasteiger partial charge on any atom is 0.227 e. The highest BCUT2D eigenvalue weighted by molar-refractivity contribution is 5.97. The minimum Gasteiger partial charge on any atom is -0.385 e. The summed E-state index contributed by atoms with van der Waals surface area (Å²) in [6.45, 7) is 1.44. The zero-order chi connectivity index (χ0) is 13.9. The van der Waals surface area contributed by atoms with Gasteiger partial charge in [0.25, 0.3) is 0 Å². The van der Waals surface area contributed by atoms with Crippen molar-refractivity contribution in [2.45, 2.75) is 38.1 Å². The van der Waals surface area contributed by atoms with E-state index in [0.29, 0.717) is 19.1 Å². The number of hydrogen-bond acceptors (Lipinski definition) is 3. The highest BCUT2D eigenvalue weighted by Crippen LogP contribution is 2.33. The van der Waals surface area contributed by atoms with E-state index in [2.05, 4.69) is 23.5 Å². The van der Waals surface area contributed by atoms with Gasteiger partial charge in [0.15, 0.2) is 0 Å². The van der Waals surface area contributed by atoms with Crippen LogP contribution >= 0.6 is 0 Å². The lowest BCUT2D eigenvalue weighted by atomic mass is 10.00. The van der Waals surface area contributed by atoms with Crippen LogP contribution in [0.1, 0.15) is 31.2 Å².